The van der Waals surface area contributed by atoms with E-state index in [4.69, 9.17) is 19.7 Å². The highest BCUT2D eigenvalue weighted by molar-refractivity contribution is 5.89. The summed E-state index contributed by atoms with van der Waals surface area (Å²) in [6.45, 7) is 0.969. The van der Waals surface area contributed by atoms with Crippen molar-refractivity contribution in [3.63, 3.8) is 0 Å². The molecule has 1 aromatic carbocycles. The molecule has 8 nitrogen and oxygen atoms in total. The summed E-state index contributed by atoms with van der Waals surface area (Å²) in [6.07, 6.45) is 8.56. The second-order valence-corrected chi connectivity index (χ2v) is 7.24. The van der Waals surface area contributed by atoms with Crippen molar-refractivity contribution >= 4 is 18.2 Å². The maximum atomic E-state index is 9.97. The lowest BCUT2D eigenvalue weighted by molar-refractivity contribution is -0.493. The molecule has 0 fully saturated rings. The van der Waals surface area contributed by atoms with Gasteiger partial charge in [0.25, 0.3) is 0 Å². The van der Waals surface area contributed by atoms with Gasteiger partial charge < -0.3 is 24.8 Å². The number of carboxylic acids is 2. The maximum Gasteiger partial charge on any atom is 0.328 e. The molecule has 4 rings (SSSR count). The molecule has 3 atom stereocenters. The second-order valence-electron chi connectivity index (χ2n) is 7.24. The van der Waals surface area contributed by atoms with Crippen molar-refractivity contribution in [3.8, 4) is 11.5 Å². The van der Waals surface area contributed by atoms with Gasteiger partial charge in [-0.15, -0.1) is 0 Å². The number of aliphatic carboxylic acids is 2. The van der Waals surface area contributed by atoms with Crippen LogP contribution in [0.5, 0.6) is 11.5 Å². The van der Waals surface area contributed by atoms with Crippen molar-refractivity contribution in [1.29, 1.82) is 0 Å². The summed E-state index contributed by atoms with van der Waals surface area (Å²) < 4.78 is 13.9. The Hall–Kier alpha value is -3.13. The fraction of sp³-hybridized carbons (Fsp3) is 0.381. The predicted octanol–water partition coefficient (Wildman–Crippen LogP) is 1.19. The lowest BCUT2D eigenvalue weighted by Crippen LogP contribution is -2.42. The molecule has 1 aromatic rings. The first kappa shape index (κ1) is 20.6. The number of methoxy groups -OCH3 is 1. The first-order valence-corrected chi connectivity index (χ1v) is 9.21. The monoisotopic (exact) mass is 402 g/mol. The molecule has 0 aromatic heterocycles. The summed E-state index contributed by atoms with van der Waals surface area (Å²) in [5.74, 6) is -0.881. The van der Waals surface area contributed by atoms with Gasteiger partial charge in [-0.2, -0.15) is 0 Å². The van der Waals surface area contributed by atoms with Crippen LogP contribution in [0, 0.1) is 0 Å². The number of aliphatic hydroxyl groups is 1. The third-order valence-electron chi connectivity index (χ3n) is 5.35. The van der Waals surface area contributed by atoms with Crippen LogP contribution < -0.4 is 9.47 Å². The first-order valence-electron chi connectivity index (χ1n) is 9.21. The summed E-state index contributed by atoms with van der Waals surface area (Å²) in [6, 6.07) is 4.07. The highest BCUT2D eigenvalue weighted by Crippen LogP contribution is 2.54. The zero-order valence-electron chi connectivity index (χ0n) is 16.2. The standard InChI is InChI=1S/C17H20NO3.C4H4O4/c1-18-8-7-17-6-5-12(19)9-14(17)21-16-13(20-2)4-3-11(10-18)15(16)17;5-3(6)1-2-4(7)8/h3-6,10,12,14,19H,7-9H2,1-2H3;1-2H,(H,5,6)(H,7,8)/q+1;/b;2-1+/t12-,14?,17-;/m0./s1. The third kappa shape index (κ3) is 4.02. The number of ether oxygens (including phenoxy) is 2. The zero-order valence-corrected chi connectivity index (χ0v) is 16.2. The topological polar surface area (TPSA) is 116 Å². The van der Waals surface area contributed by atoms with E-state index >= 15 is 0 Å². The highest BCUT2D eigenvalue weighted by atomic mass is 16.5. The molecule has 0 bridgehead atoms. The van der Waals surface area contributed by atoms with E-state index in [1.807, 2.05) is 12.1 Å². The Labute approximate surface area is 168 Å². The van der Waals surface area contributed by atoms with Gasteiger partial charge in [0.2, 0.25) is 0 Å². The van der Waals surface area contributed by atoms with E-state index in [1.54, 1.807) is 7.11 Å². The molecule has 0 radical (unpaired) electrons. The number of hydrogen-bond acceptors (Lipinski definition) is 5. The fourth-order valence-electron chi connectivity index (χ4n) is 4.06. The third-order valence-corrected chi connectivity index (χ3v) is 5.35. The van der Waals surface area contributed by atoms with E-state index in [0.717, 1.165) is 24.5 Å². The Kier molecular flexibility index (Phi) is 5.74. The molecule has 1 aliphatic carbocycles. The average Bonchev–Trinajstić information content (AvgIpc) is 2.92. The van der Waals surface area contributed by atoms with Crippen molar-refractivity contribution in [1.82, 2.24) is 0 Å². The van der Waals surface area contributed by atoms with Crippen LogP contribution in [-0.2, 0) is 15.0 Å². The minimum atomic E-state index is -1.26. The number of nitrogens with zero attached hydrogens (tertiary/aromatic N) is 1. The molecule has 2 heterocycles. The molecule has 3 N–H and O–H groups in total. The number of aliphatic hydroxyl groups excluding tert-OH is 1. The second kappa shape index (κ2) is 8.08. The molecule has 1 unspecified atom stereocenters. The van der Waals surface area contributed by atoms with Gasteiger partial charge >= 0.3 is 11.9 Å². The molecule has 29 heavy (non-hydrogen) atoms. The number of hydrogen-bond donors (Lipinski definition) is 3. The number of carbonyl (C=O) groups is 2. The van der Waals surface area contributed by atoms with Crippen LogP contribution in [0.2, 0.25) is 0 Å². The van der Waals surface area contributed by atoms with Gasteiger partial charge in [-0.1, -0.05) is 12.2 Å². The van der Waals surface area contributed by atoms with Crippen LogP contribution in [-0.4, -0.2) is 71.0 Å². The Morgan fingerprint density at radius 2 is 1.97 bits per heavy atom. The smallest absolute Gasteiger partial charge is 0.328 e. The number of carboxylic acid groups (broad SMARTS) is 2. The normalized spacial score (nSPS) is 26.2. The average molecular weight is 402 g/mol. The van der Waals surface area contributed by atoms with Gasteiger partial charge in [0, 0.05) is 36.1 Å². The Morgan fingerprint density at radius 3 is 2.59 bits per heavy atom. The lowest BCUT2D eigenvalue weighted by atomic mass is 9.69. The molecular formula is C21H24NO7+. The molecule has 154 valence electrons. The van der Waals surface area contributed by atoms with E-state index in [9.17, 15) is 14.7 Å². The van der Waals surface area contributed by atoms with Crippen molar-refractivity contribution < 1.29 is 39.0 Å². The van der Waals surface area contributed by atoms with Crippen LogP contribution in [0.4, 0.5) is 0 Å². The maximum absolute atomic E-state index is 9.97. The van der Waals surface area contributed by atoms with Gasteiger partial charge in [0.1, 0.15) is 19.7 Å². The first-order chi connectivity index (χ1) is 13.8. The zero-order chi connectivity index (χ0) is 21.2. The van der Waals surface area contributed by atoms with E-state index in [-0.39, 0.29) is 11.5 Å². The van der Waals surface area contributed by atoms with Gasteiger partial charge in [-0.25, -0.2) is 14.2 Å². The van der Waals surface area contributed by atoms with E-state index in [2.05, 4.69) is 30.0 Å². The Morgan fingerprint density at radius 1 is 1.28 bits per heavy atom. The van der Waals surface area contributed by atoms with Crippen LogP contribution in [0.25, 0.3) is 0 Å². The summed E-state index contributed by atoms with van der Waals surface area (Å²) in [5.41, 5.74) is 2.27. The summed E-state index contributed by atoms with van der Waals surface area (Å²) in [4.78, 5) is 19.1. The minimum absolute atomic E-state index is 0.0116. The van der Waals surface area contributed by atoms with Gasteiger partial charge in [-0.05, 0) is 12.1 Å². The minimum Gasteiger partial charge on any atom is -0.493 e. The predicted molar refractivity (Wildman–Crippen MR) is 104 cm³/mol. The molecule has 0 saturated carbocycles. The van der Waals surface area contributed by atoms with Crippen LogP contribution >= 0.6 is 0 Å². The molecule has 0 saturated heterocycles. The summed E-state index contributed by atoms with van der Waals surface area (Å²) in [7, 11) is 3.78. The van der Waals surface area contributed by atoms with E-state index in [1.165, 1.54) is 11.1 Å². The molecular weight excluding hydrogens is 378 g/mol. The van der Waals surface area contributed by atoms with Crippen LogP contribution in [0.3, 0.4) is 0 Å². The summed E-state index contributed by atoms with van der Waals surface area (Å²) >= 11 is 0. The van der Waals surface area contributed by atoms with Crippen LogP contribution in [0.1, 0.15) is 24.0 Å². The molecule has 1 spiro atoms. The Bertz CT molecular complexity index is 902. The van der Waals surface area contributed by atoms with Gasteiger partial charge in [0.05, 0.1) is 18.6 Å². The molecule has 0 amide bonds. The number of rotatable bonds is 3. The highest BCUT2D eigenvalue weighted by Gasteiger charge is 2.53. The van der Waals surface area contributed by atoms with E-state index < -0.39 is 18.0 Å². The molecule has 3 aliphatic rings. The fourth-order valence-corrected chi connectivity index (χ4v) is 4.06. The largest absolute Gasteiger partial charge is 0.493 e. The Balaban J connectivity index is 0.000000258. The number of benzene rings is 1. The summed E-state index contributed by atoms with van der Waals surface area (Å²) in [5, 5.41) is 25.6. The SMILES string of the molecule is COc1ccc2c3c1OC1C[C@@H](O)C=C[C@@]31CC[N+](C)=C2.O=C(O)/C=C/C(=O)O. The van der Waals surface area contributed by atoms with Crippen molar-refractivity contribution in [2.24, 2.45) is 0 Å². The van der Waals surface area contributed by atoms with Gasteiger partial charge in [-0.3, -0.25) is 0 Å². The van der Waals surface area contributed by atoms with Crippen molar-refractivity contribution in [2.45, 2.75) is 30.5 Å². The van der Waals surface area contributed by atoms with Crippen molar-refractivity contribution in [3.05, 3.63) is 47.6 Å². The van der Waals surface area contributed by atoms with Crippen molar-refractivity contribution in [2.75, 3.05) is 20.7 Å². The van der Waals surface area contributed by atoms with Gasteiger partial charge in [0.15, 0.2) is 17.7 Å². The molecule has 2 aliphatic heterocycles. The van der Waals surface area contributed by atoms with E-state index in [0.29, 0.717) is 18.6 Å². The molecule has 8 heteroatoms. The van der Waals surface area contributed by atoms with Crippen LogP contribution in [0.15, 0.2) is 36.4 Å². The lowest BCUT2D eigenvalue weighted by Gasteiger charge is -2.34. The quantitative estimate of drug-likeness (QED) is 0.395.